The number of carbonyl (C=O) groups is 1. The largest absolute Gasteiger partial charge is 0.353 e. The molecule has 0 spiro atoms. The molecule has 9 nitrogen and oxygen atoms in total. The lowest BCUT2D eigenvalue weighted by Gasteiger charge is -2.33. The number of nitrogens with zero attached hydrogens (tertiary/aromatic N) is 7. The van der Waals surface area contributed by atoms with Crippen molar-refractivity contribution in [1.29, 1.82) is 0 Å². The number of piperazine rings is 1. The summed E-state index contributed by atoms with van der Waals surface area (Å²) in [5.41, 5.74) is 2.06. The fourth-order valence-electron chi connectivity index (χ4n) is 4.79. The molecule has 5 rings (SSSR count). The van der Waals surface area contributed by atoms with Crippen LogP contribution < -0.4 is 10.2 Å². The van der Waals surface area contributed by atoms with E-state index in [2.05, 4.69) is 67.6 Å². The Balaban J connectivity index is 1.11. The number of amides is 1. The summed E-state index contributed by atoms with van der Waals surface area (Å²) in [5.74, 6) is 1.75. The van der Waals surface area contributed by atoms with Crippen LogP contribution >= 0.6 is 0 Å². The predicted molar refractivity (Wildman–Crippen MR) is 132 cm³/mol. The number of fused-ring (bicyclic) bond motifs is 1. The van der Waals surface area contributed by atoms with Gasteiger partial charge < -0.3 is 15.1 Å². The van der Waals surface area contributed by atoms with Crippen molar-refractivity contribution in [1.82, 2.24) is 34.9 Å². The van der Waals surface area contributed by atoms with E-state index in [1.807, 2.05) is 12.1 Å². The van der Waals surface area contributed by atoms with Gasteiger partial charge in [-0.3, -0.25) is 9.69 Å². The smallest absolute Gasteiger partial charge is 0.220 e. The highest BCUT2D eigenvalue weighted by Crippen LogP contribution is 2.16. The van der Waals surface area contributed by atoms with E-state index in [-0.39, 0.29) is 11.9 Å². The molecular weight excluding hydrogens is 428 g/mol. The van der Waals surface area contributed by atoms with Gasteiger partial charge in [-0.25, -0.2) is 0 Å². The third kappa shape index (κ3) is 5.53. The number of benzene rings is 1. The fraction of sp³-hybridized carbons (Fsp3) is 0.520. The number of carbonyl (C=O) groups excluding carboxylic acids is 1. The summed E-state index contributed by atoms with van der Waals surface area (Å²) in [7, 11) is 2.14. The van der Waals surface area contributed by atoms with Gasteiger partial charge >= 0.3 is 0 Å². The van der Waals surface area contributed by atoms with E-state index in [1.54, 1.807) is 4.52 Å². The van der Waals surface area contributed by atoms with E-state index in [0.717, 1.165) is 75.9 Å². The summed E-state index contributed by atoms with van der Waals surface area (Å²) >= 11 is 0. The van der Waals surface area contributed by atoms with Crippen molar-refractivity contribution in [3.05, 3.63) is 53.9 Å². The van der Waals surface area contributed by atoms with Crippen LogP contribution in [-0.4, -0.2) is 87.9 Å². The molecular formula is C25H34N8O. The number of aromatic nitrogens is 4. The molecule has 2 aromatic heterocycles. The number of nitrogens with one attached hydrogen (secondary N) is 1. The van der Waals surface area contributed by atoms with Crippen LogP contribution in [0.15, 0.2) is 42.5 Å². The average molecular weight is 463 g/mol. The minimum absolute atomic E-state index is 0.0773. The lowest BCUT2D eigenvalue weighted by molar-refractivity contribution is -0.122. The molecule has 0 unspecified atom stereocenters. The van der Waals surface area contributed by atoms with E-state index in [0.29, 0.717) is 12.8 Å². The van der Waals surface area contributed by atoms with Gasteiger partial charge in [-0.1, -0.05) is 30.3 Å². The van der Waals surface area contributed by atoms with Crippen molar-refractivity contribution in [2.45, 2.75) is 38.3 Å². The molecule has 2 aliphatic heterocycles. The number of hydrogen-bond donors (Lipinski definition) is 1. The van der Waals surface area contributed by atoms with Gasteiger partial charge in [0.2, 0.25) is 5.91 Å². The van der Waals surface area contributed by atoms with Crippen LogP contribution in [0.2, 0.25) is 0 Å². The Labute approximate surface area is 200 Å². The molecule has 34 heavy (non-hydrogen) atoms. The summed E-state index contributed by atoms with van der Waals surface area (Å²) < 4.78 is 1.79. The lowest BCUT2D eigenvalue weighted by atomic mass is 10.0. The van der Waals surface area contributed by atoms with Crippen molar-refractivity contribution in [2.75, 3.05) is 51.2 Å². The number of aryl methyl sites for hydroxylation is 1. The molecule has 1 aromatic carbocycles. The number of hydrogen-bond acceptors (Lipinski definition) is 7. The van der Waals surface area contributed by atoms with E-state index in [9.17, 15) is 4.79 Å². The highest BCUT2D eigenvalue weighted by molar-refractivity contribution is 5.76. The first kappa shape index (κ1) is 22.7. The van der Waals surface area contributed by atoms with Crippen LogP contribution in [0.1, 0.15) is 30.7 Å². The van der Waals surface area contributed by atoms with E-state index in [4.69, 9.17) is 5.10 Å². The normalized spacial score (nSPS) is 18.4. The highest BCUT2D eigenvalue weighted by Gasteiger charge is 2.21. The maximum absolute atomic E-state index is 12.6. The first-order valence-corrected chi connectivity index (χ1v) is 12.3. The molecule has 9 heteroatoms. The molecule has 0 aliphatic carbocycles. The van der Waals surface area contributed by atoms with Crippen LogP contribution in [0.5, 0.6) is 0 Å². The summed E-state index contributed by atoms with van der Waals surface area (Å²) in [6, 6.07) is 14.8. The molecule has 3 aromatic rings. The van der Waals surface area contributed by atoms with Crippen LogP contribution in [-0.2, 0) is 17.8 Å². The molecule has 4 heterocycles. The number of piperidine rings is 1. The summed E-state index contributed by atoms with van der Waals surface area (Å²) in [6.45, 7) is 6.96. The molecule has 2 aliphatic rings. The van der Waals surface area contributed by atoms with E-state index < -0.39 is 0 Å². The third-order valence-corrected chi connectivity index (χ3v) is 6.92. The maximum Gasteiger partial charge on any atom is 0.220 e. The van der Waals surface area contributed by atoms with Crippen molar-refractivity contribution in [3.8, 4) is 0 Å². The molecule has 0 atom stereocenters. The Bertz CT molecular complexity index is 1080. The molecule has 0 saturated carbocycles. The fourth-order valence-corrected chi connectivity index (χ4v) is 4.79. The monoisotopic (exact) mass is 462 g/mol. The van der Waals surface area contributed by atoms with Gasteiger partial charge in [-0.2, -0.15) is 4.52 Å². The van der Waals surface area contributed by atoms with Gasteiger partial charge in [-0.05, 0) is 37.6 Å². The number of likely N-dealkylation sites (tertiary alicyclic amines) is 1. The van der Waals surface area contributed by atoms with Gasteiger partial charge in [0, 0.05) is 64.7 Å². The average Bonchev–Trinajstić information content (AvgIpc) is 3.27. The molecule has 0 bridgehead atoms. The Morgan fingerprint density at radius 1 is 0.971 bits per heavy atom. The van der Waals surface area contributed by atoms with E-state index >= 15 is 0 Å². The second-order valence-electron chi connectivity index (χ2n) is 9.47. The first-order valence-electron chi connectivity index (χ1n) is 12.3. The Morgan fingerprint density at radius 2 is 1.74 bits per heavy atom. The van der Waals surface area contributed by atoms with Crippen LogP contribution in [0, 0.1) is 0 Å². The van der Waals surface area contributed by atoms with E-state index in [1.165, 1.54) is 5.56 Å². The molecule has 1 amide bonds. The quantitative estimate of drug-likeness (QED) is 0.571. The van der Waals surface area contributed by atoms with Crippen LogP contribution in [0.4, 0.5) is 5.82 Å². The Morgan fingerprint density at radius 3 is 2.50 bits per heavy atom. The zero-order chi connectivity index (χ0) is 23.3. The minimum Gasteiger partial charge on any atom is -0.353 e. The van der Waals surface area contributed by atoms with Gasteiger partial charge in [0.1, 0.15) is 5.82 Å². The number of likely N-dealkylation sites (N-methyl/N-ethyl adjacent to an activating group) is 1. The van der Waals surface area contributed by atoms with Crippen LogP contribution in [0.3, 0.4) is 0 Å². The summed E-state index contributed by atoms with van der Waals surface area (Å²) in [6.07, 6.45) is 2.90. The summed E-state index contributed by atoms with van der Waals surface area (Å²) in [4.78, 5) is 19.7. The zero-order valence-corrected chi connectivity index (χ0v) is 19.9. The zero-order valence-electron chi connectivity index (χ0n) is 19.9. The third-order valence-electron chi connectivity index (χ3n) is 6.92. The summed E-state index contributed by atoms with van der Waals surface area (Å²) in [5, 5.41) is 16.5. The van der Waals surface area contributed by atoms with Crippen molar-refractivity contribution < 1.29 is 4.79 Å². The lowest BCUT2D eigenvalue weighted by Crippen LogP contribution is -2.45. The van der Waals surface area contributed by atoms with Gasteiger partial charge in [-0.15, -0.1) is 15.3 Å². The van der Waals surface area contributed by atoms with Crippen molar-refractivity contribution in [3.63, 3.8) is 0 Å². The molecule has 2 fully saturated rings. The predicted octanol–water partition coefficient (Wildman–Crippen LogP) is 1.59. The van der Waals surface area contributed by atoms with Crippen molar-refractivity contribution in [2.24, 2.45) is 0 Å². The van der Waals surface area contributed by atoms with Gasteiger partial charge in [0.25, 0.3) is 0 Å². The van der Waals surface area contributed by atoms with Crippen molar-refractivity contribution >= 4 is 17.4 Å². The second-order valence-corrected chi connectivity index (χ2v) is 9.47. The number of rotatable bonds is 7. The Hall–Kier alpha value is -3.04. The molecule has 180 valence electrons. The highest BCUT2D eigenvalue weighted by atomic mass is 16.1. The van der Waals surface area contributed by atoms with Gasteiger partial charge in [0.15, 0.2) is 11.5 Å². The first-order chi connectivity index (χ1) is 16.6. The van der Waals surface area contributed by atoms with Crippen LogP contribution in [0.25, 0.3) is 5.65 Å². The molecule has 0 radical (unpaired) electrons. The maximum atomic E-state index is 12.6. The van der Waals surface area contributed by atoms with Gasteiger partial charge in [0.05, 0.1) is 0 Å². The minimum atomic E-state index is 0.0773. The molecule has 2 saturated heterocycles. The Kier molecular flexibility index (Phi) is 7.01. The topological polar surface area (TPSA) is 81.9 Å². The molecule has 1 N–H and O–H groups in total. The number of anilines is 1. The standard InChI is InChI=1S/C25H34N8O/c1-30-15-17-32(18-16-30)24-8-7-22-27-28-23(33(22)29-24)9-10-25(34)26-21-11-13-31(14-12-21)19-20-5-3-2-4-6-20/h2-8,21H,9-19H2,1H3,(H,26,34). The SMILES string of the molecule is CN1CCN(c2ccc3nnc(CCC(=O)NC4CCN(Cc5ccccc5)CC4)n3n2)CC1. The second kappa shape index (κ2) is 10.5.